The van der Waals surface area contributed by atoms with Gasteiger partial charge in [-0.15, -0.1) is 23.7 Å². The van der Waals surface area contributed by atoms with E-state index in [1.54, 1.807) is 12.1 Å². The van der Waals surface area contributed by atoms with Crippen molar-refractivity contribution < 1.29 is 4.79 Å². The third kappa shape index (κ3) is 2.16. The fraction of sp³-hybridized carbons (Fsp3) is 0. The minimum absolute atomic E-state index is 0. The molecule has 0 atom stereocenters. The van der Waals surface area contributed by atoms with Gasteiger partial charge in [-0.2, -0.15) is 0 Å². The second kappa shape index (κ2) is 4.91. The molecule has 0 fully saturated rings. The number of thiophene rings is 1. The molecule has 0 unspecified atom stereocenters. The summed E-state index contributed by atoms with van der Waals surface area (Å²) in [5, 5.41) is 3.76. The molecule has 1 aromatic carbocycles. The van der Waals surface area contributed by atoms with E-state index < -0.39 is 5.91 Å². The highest BCUT2D eigenvalue weighted by Gasteiger charge is 2.13. The summed E-state index contributed by atoms with van der Waals surface area (Å²) in [6.45, 7) is 0. The number of aromatic nitrogens is 2. The van der Waals surface area contributed by atoms with Crippen molar-refractivity contribution in [3.05, 3.63) is 34.5 Å². The van der Waals surface area contributed by atoms with Crippen molar-refractivity contribution >= 4 is 46.4 Å². The number of para-hydroxylation sites is 1. The lowest BCUT2D eigenvalue weighted by Gasteiger charge is -1.94. The Morgan fingerprint density at radius 1 is 1.32 bits per heavy atom. The van der Waals surface area contributed by atoms with Gasteiger partial charge in [0.2, 0.25) is 0 Å². The van der Waals surface area contributed by atoms with E-state index >= 15 is 0 Å². The van der Waals surface area contributed by atoms with E-state index in [2.05, 4.69) is 9.97 Å². The number of hydrogen-bond donors (Lipinski definition) is 3. The highest BCUT2D eigenvalue weighted by atomic mass is 35.5. The number of rotatable bonds is 2. The first-order chi connectivity index (χ1) is 8.66. The van der Waals surface area contributed by atoms with Gasteiger partial charge in [-0.05, 0) is 12.1 Å². The number of carbonyl (C=O) groups excluding carboxylic acids is 1. The molecule has 0 saturated carbocycles. The number of primary amides is 1. The lowest BCUT2D eigenvalue weighted by Crippen LogP contribution is -2.11. The van der Waals surface area contributed by atoms with Crippen LogP contribution in [0.15, 0.2) is 29.0 Å². The van der Waals surface area contributed by atoms with Gasteiger partial charge in [0.15, 0.2) is 0 Å². The van der Waals surface area contributed by atoms with E-state index in [0.717, 1.165) is 11.1 Å². The van der Waals surface area contributed by atoms with Crippen molar-refractivity contribution in [2.45, 2.75) is 0 Å². The standard InChI is InChI=1S/C12H10N4OS.ClH/c13-8-5-18-4-7(8)12-15-9-3-1-2-6(11(14)17)10(9)16-12;/h1-5H,13H2,(H2,14,17)(H,15,16);1H. The first kappa shape index (κ1) is 13.4. The van der Waals surface area contributed by atoms with Gasteiger partial charge in [0.05, 0.1) is 22.3 Å². The first-order valence-corrected chi connectivity index (χ1v) is 6.21. The summed E-state index contributed by atoms with van der Waals surface area (Å²) in [6, 6.07) is 5.27. The van der Waals surface area contributed by atoms with Crippen LogP contribution in [0, 0.1) is 0 Å². The number of hydrogen-bond acceptors (Lipinski definition) is 4. The number of amides is 1. The molecule has 98 valence electrons. The summed E-state index contributed by atoms with van der Waals surface area (Å²) in [4.78, 5) is 18.9. The molecule has 3 aromatic rings. The maximum atomic E-state index is 11.3. The van der Waals surface area contributed by atoms with Crippen LogP contribution < -0.4 is 11.5 Å². The number of H-pyrrole nitrogens is 1. The fourth-order valence-electron chi connectivity index (χ4n) is 1.86. The number of nitrogens with zero attached hydrogens (tertiary/aromatic N) is 1. The minimum atomic E-state index is -0.489. The average molecular weight is 295 g/mol. The number of nitrogens with two attached hydrogens (primary N) is 2. The predicted molar refractivity (Wildman–Crippen MR) is 79.6 cm³/mol. The van der Waals surface area contributed by atoms with E-state index in [4.69, 9.17) is 11.5 Å². The van der Waals surface area contributed by atoms with Crippen molar-refractivity contribution in [3.8, 4) is 11.4 Å². The smallest absolute Gasteiger partial charge is 0.250 e. The molecule has 0 aliphatic carbocycles. The van der Waals surface area contributed by atoms with Gasteiger partial charge in [-0.3, -0.25) is 4.79 Å². The van der Waals surface area contributed by atoms with Crippen LogP contribution in [-0.4, -0.2) is 15.9 Å². The fourth-order valence-corrected chi connectivity index (χ4v) is 2.58. The second-order valence-corrected chi connectivity index (χ2v) is 4.64. The Hall–Kier alpha value is -2.05. The lowest BCUT2D eigenvalue weighted by atomic mass is 10.2. The predicted octanol–water partition coefficient (Wildman–Crippen LogP) is 2.39. The summed E-state index contributed by atoms with van der Waals surface area (Å²) >= 11 is 1.50. The van der Waals surface area contributed by atoms with Crippen LogP contribution in [0.3, 0.4) is 0 Å². The molecule has 5 nitrogen and oxygen atoms in total. The number of halogens is 1. The molecule has 0 spiro atoms. The first-order valence-electron chi connectivity index (χ1n) is 5.27. The summed E-state index contributed by atoms with van der Waals surface area (Å²) < 4.78 is 0. The SMILES string of the molecule is Cl.NC(=O)c1cccc2[nH]c(-c3cscc3N)nc12. The zero-order valence-electron chi connectivity index (χ0n) is 9.71. The Bertz CT molecular complexity index is 749. The molecule has 1 amide bonds. The maximum absolute atomic E-state index is 11.3. The molecule has 0 aliphatic rings. The number of anilines is 1. The summed E-state index contributed by atoms with van der Waals surface area (Å²) in [7, 11) is 0. The molecule has 0 aliphatic heterocycles. The quantitative estimate of drug-likeness (QED) is 0.677. The highest BCUT2D eigenvalue weighted by Crippen LogP contribution is 2.29. The van der Waals surface area contributed by atoms with E-state index in [-0.39, 0.29) is 12.4 Å². The minimum Gasteiger partial charge on any atom is -0.397 e. The number of nitrogen functional groups attached to an aromatic ring is 1. The topological polar surface area (TPSA) is 97.8 Å². The molecule has 0 bridgehead atoms. The van der Waals surface area contributed by atoms with Gasteiger partial charge in [0, 0.05) is 10.8 Å². The van der Waals surface area contributed by atoms with Crippen LogP contribution in [0.4, 0.5) is 5.69 Å². The van der Waals surface area contributed by atoms with Crippen molar-refractivity contribution in [1.82, 2.24) is 9.97 Å². The van der Waals surface area contributed by atoms with Crippen LogP contribution in [0.1, 0.15) is 10.4 Å². The number of carbonyl (C=O) groups is 1. The number of fused-ring (bicyclic) bond motifs is 1. The van der Waals surface area contributed by atoms with Gasteiger partial charge in [0.1, 0.15) is 11.3 Å². The normalized spacial score (nSPS) is 10.3. The molecular formula is C12H11ClN4OS. The largest absolute Gasteiger partial charge is 0.397 e. The van der Waals surface area contributed by atoms with Crippen LogP contribution in [0.2, 0.25) is 0 Å². The summed E-state index contributed by atoms with van der Waals surface area (Å²) in [6.07, 6.45) is 0. The molecule has 0 saturated heterocycles. The van der Waals surface area contributed by atoms with Gasteiger partial charge in [0.25, 0.3) is 5.91 Å². The second-order valence-electron chi connectivity index (χ2n) is 3.89. The maximum Gasteiger partial charge on any atom is 0.250 e. The van der Waals surface area contributed by atoms with E-state index in [9.17, 15) is 4.79 Å². The Labute approximate surface area is 119 Å². The number of imidazole rings is 1. The van der Waals surface area contributed by atoms with E-state index in [0.29, 0.717) is 22.6 Å². The Morgan fingerprint density at radius 2 is 2.11 bits per heavy atom. The van der Waals surface area contributed by atoms with Crippen LogP contribution in [0.5, 0.6) is 0 Å². The molecule has 3 rings (SSSR count). The van der Waals surface area contributed by atoms with E-state index in [1.807, 2.05) is 16.8 Å². The number of benzene rings is 1. The van der Waals surface area contributed by atoms with Crippen molar-refractivity contribution in [1.29, 1.82) is 0 Å². The summed E-state index contributed by atoms with van der Waals surface area (Å²) in [5.41, 5.74) is 14.4. The monoisotopic (exact) mass is 294 g/mol. The molecular weight excluding hydrogens is 284 g/mol. The third-order valence-electron chi connectivity index (χ3n) is 2.73. The van der Waals surface area contributed by atoms with Gasteiger partial charge in [-0.25, -0.2) is 4.98 Å². The molecule has 2 aromatic heterocycles. The third-order valence-corrected chi connectivity index (χ3v) is 3.49. The zero-order valence-corrected chi connectivity index (χ0v) is 11.3. The zero-order chi connectivity index (χ0) is 12.7. The Morgan fingerprint density at radius 3 is 2.74 bits per heavy atom. The Balaban J connectivity index is 0.00000133. The molecule has 7 heteroatoms. The molecule has 5 N–H and O–H groups in total. The molecule has 0 radical (unpaired) electrons. The Kier molecular flexibility index (Phi) is 3.46. The molecule has 19 heavy (non-hydrogen) atoms. The number of aromatic amines is 1. The summed E-state index contributed by atoms with van der Waals surface area (Å²) in [5.74, 6) is 0.161. The highest BCUT2D eigenvalue weighted by molar-refractivity contribution is 7.08. The van der Waals surface area contributed by atoms with Gasteiger partial charge < -0.3 is 16.5 Å². The van der Waals surface area contributed by atoms with Crippen LogP contribution in [0.25, 0.3) is 22.4 Å². The van der Waals surface area contributed by atoms with Crippen LogP contribution >= 0.6 is 23.7 Å². The van der Waals surface area contributed by atoms with Gasteiger partial charge in [-0.1, -0.05) is 6.07 Å². The van der Waals surface area contributed by atoms with Crippen molar-refractivity contribution in [3.63, 3.8) is 0 Å². The average Bonchev–Trinajstić information content (AvgIpc) is 2.92. The number of nitrogens with one attached hydrogen (secondary N) is 1. The van der Waals surface area contributed by atoms with E-state index in [1.165, 1.54) is 11.3 Å². The van der Waals surface area contributed by atoms with Gasteiger partial charge >= 0.3 is 0 Å². The van der Waals surface area contributed by atoms with Crippen LogP contribution in [-0.2, 0) is 0 Å². The lowest BCUT2D eigenvalue weighted by molar-refractivity contribution is 0.100. The molecule has 2 heterocycles. The van der Waals surface area contributed by atoms with Crippen molar-refractivity contribution in [2.24, 2.45) is 5.73 Å². The van der Waals surface area contributed by atoms with Crippen molar-refractivity contribution in [2.75, 3.05) is 5.73 Å².